The Hall–Kier alpha value is -3.25. The van der Waals surface area contributed by atoms with Crippen molar-refractivity contribution in [2.75, 3.05) is 7.05 Å². The van der Waals surface area contributed by atoms with Crippen LogP contribution in [0.1, 0.15) is 22.9 Å². The third-order valence-corrected chi connectivity index (χ3v) is 4.52. The Kier molecular flexibility index (Phi) is 5.04. The van der Waals surface area contributed by atoms with Gasteiger partial charge in [0.05, 0.1) is 12.2 Å². The van der Waals surface area contributed by atoms with Crippen LogP contribution in [0.2, 0.25) is 0 Å². The Morgan fingerprint density at radius 3 is 2.36 bits per heavy atom. The molecule has 0 aliphatic rings. The Bertz CT molecular complexity index is 1050. The average Bonchev–Trinajstić information content (AvgIpc) is 3.30. The van der Waals surface area contributed by atoms with E-state index >= 15 is 0 Å². The molecule has 0 saturated carbocycles. The minimum atomic E-state index is 0.534. The molecule has 0 spiro atoms. The minimum absolute atomic E-state index is 0.534. The molecule has 0 radical (unpaired) electrons. The van der Waals surface area contributed by atoms with Gasteiger partial charge in [0.2, 0.25) is 17.6 Å². The van der Waals surface area contributed by atoms with Gasteiger partial charge in [-0.1, -0.05) is 53.2 Å². The van der Waals surface area contributed by atoms with E-state index in [0.29, 0.717) is 30.7 Å². The van der Waals surface area contributed by atoms with Crippen molar-refractivity contribution in [1.82, 2.24) is 20.0 Å². The van der Waals surface area contributed by atoms with E-state index in [1.54, 1.807) is 0 Å². The summed E-state index contributed by atoms with van der Waals surface area (Å²) in [5, 5.41) is 4.07. The van der Waals surface area contributed by atoms with Crippen molar-refractivity contribution in [3.8, 4) is 22.8 Å². The first-order valence-electron chi connectivity index (χ1n) is 9.18. The van der Waals surface area contributed by atoms with Gasteiger partial charge in [-0.05, 0) is 33.0 Å². The number of rotatable bonds is 6. The van der Waals surface area contributed by atoms with Gasteiger partial charge < -0.3 is 8.94 Å². The highest BCUT2D eigenvalue weighted by molar-refractivity contribution is 5.54. The first-order chi connectivity index (χ1) is 13.6. The molecule has 2 heterocycles. The Morgan fingerprint density at radius 1 is 0.857 bits per heavy atom. The highest BCUT2D eigenvalue weighted by Gasteiger charge is 2.15. The summed E-state index contributed by atoms with van der Waals surface area (Å²) in [5.74, 6) is 2.63. The SMILES string of the molecule is Cc1ccc(-c2nc(CN(C)Cc3nc(-c4ccccc4)no3)c(C)o2)cc1. The predicted octanol–water partition coefficient (Wildman–Crippen LogP) is 4.64. The Balaban J connectivity index is 1.43. The van der Waals surface area contributed by atoms with E-state index in [2.05, 4.69) is 39.1 Å². The van der Waals surface area contributed by atoms with Crippen molar-refractivity contribution >= 4 is 0 Å². The molecule has 0 aliphatic carbocycles. The number of hydrogen-bond acceptors (Lipinski definition) is 6. The molecule has 4 aromatic rings. The molecule has 0 bridgehead atoms. The summed E-state index contributed by atoms with van der Waals surface area (Å²) in [6.07, 6.45) is 0. The van der Waals surface area contributed by atoms with Crippen molar-refractivity contribution < 1.29 is 8.94 Å². The van der Waals surface area contributed by atoms with Crippen LogP contribution in [0.4, 0.5) is 0 Å². The number of benzene rings is 2. The van der Waals surface area contributed by atoms with Gasteiger partial charge in [-0.3, -0.25) is 4.90 Å². The molecule has 0 aliphatic heterocycles. The largest absolute Gasteiger partial charge is 0.441 e. The van der Waals surface area contributed by atoms with Gasteiger partial charge in [0.25, 0.3) is 0 Å². The van der Waals surface area contributed by atoms with E-state index in [9.17, 15) is 0 Å². The molecular formula is C22H22N4O2. The van der Waals surface area contributed by atoms with Crippen LogP contribution < -0.4 is 0 Å². The third kappa shape index (κ3) is 4.02. The molecule has 6 nitrogen and oxygen atoms in total. The molecular weight excluding hydrogens is 352 g/mol. The molecule has 2 aromatic heterocycles. The van der Waals surface area contributed by atoms with Crippen LogP contribution in [0.3, 0.4) is 0 Å². The number of aryl methyl sites for hydroxylation is 2. The van der Waals surface area contributed by atoms with Gasteiger partial charge in [-0.15, -0.1) is 0 Å². The second kappa shape index (κ2) is 7.78. The van der Waals surface area contributed by atoms with Crippen LogP contribution in [0, 0.1) is 13.8 Å². The van der Waals surface area contributed by atoms with Crippen LogP contribution in [0.25, 0.3) is 22.8 Å². The lowest BCUT2D eigenvalue weighted by Crippen LogP contribution is -2.18. The third-order valence-electron chi connectivity index (χ3n) is 4.52. The fraction of sp³-hybridized carbons (Fsp3) is 0.227. The molecule has 6 heteroatoms. The summed E-state index contributed by atoms with van der Waals surface area (Å²) < 4.78 is 11.3. The van der Waals surface area contributed by atoms with Gasteiger partial charge >= 0.3 is 0 Å². The Morgan fingerprint density at radius 2 is 1.61 bits per heavy atom. The standard InChI is InChI=1S/C22H22N4O2/c1-15-9-11-18(12-10-15)22-23-19(16(2)27-22)13-26(3)14-20-24-21(25-28-20)17-7-5-4-6-8-17/h4-12H,13-14H2,1-3H3. The maximum atomic E-state index is 5.86. The van der Waals surface area contributed by atoms with Crippen LogP contribution in [-0.2, 0) is 13.1 Å². The zero-order valence-corrected chi connectivity index (χ0v) is 16.2. The summed E-state index contributed by atoms with van der Waals surface area (Å²) in [5.41, 5.74) is 4.03. The van der Waals surface area contributed by atoms with Crippen molar-refractivity contribution in [3.63, 3.8) is 0 Å². The van der Waals surface area contributed by atoms with E-state index in [4.69, 9.17) is 8.94 Å². The van der Waals surface area contributed by atoms with Crippen molar-refractivity contribution in [2.45, 2.75) is 26.9 Å². The van der Waals surface area contributed by atoms with Crippen LogP contribution >= 0.6 is 0 Å². The minimum Gasteiger partial charge on any atom is -0.441 e. The summed E-state index contributed by atoms with van der Waals surface area (Å²) >= 11 is 0. The van der Waals surface area contributed by atoms with Gasteiger partial charge in [-0.25, -0.2) is 4.98 Å². The smallest absolute Gasteiger partial charge is 0.241 e. The van der Waals surface area contributed by atoms with E-state index in [1.807, 2.05) is 56.4 Å². The maximum absolute atomic E-state index is 5.86. The predicted molar refractivity (Wildman–Crippen MR) is 106 cm³/mol. The molecule has 0 amide bonds. The topological polar surface area (TPSA) is 68.2 Å². The number of aromatic nitrogens is 3. The van der Waals surface area contributed by atoms with Crippen LogP contribution in [0.5, 0.6) is 0 Å². The lowest BCUT2D eigenvalue weighted by Gasteiger charge is -2.12. The van der Waals surface area contributed by atoms with Gasteiger partial charge in [0.15, 0.2) is 0 Å². The van der Waals surface area contributed by atoms with Crippen LogP contribution in [-0.4, -0.2) is 27.1 Å². The van der Waals surface area contributed by atoms with Gasteiger partial charge in [-0.2, -0.15) is 4.98 Å². The highest BCUT2D eigenvalue weighted by atomic mass is 16.5. The van der Waals surface area contributed by atoms with Crippen LogP contribution in [0.15, 0.2) is 63.5 Å². The van der Waals surface area contributed by atoms with Crippen molar-refractivity contribution in [3.05, 3.63) is 77.5 Å². The molecule has 0 N–H and O–H groups in total. The summed E-state index contributed by atoms with van der Waals surface area (Å²) in [6.45, 7) is 5.16. The summed E-state index contributed by atoms with van der Waals surface area (Å²) in [6, 6.07) is 18.0. The average molecular weight is 374 g/mol. The molecule has 0 saturated heterocycles. The fourth-order valence-corrected chi connectivity index (χ4v) is 2.96. The fourth-order valence-electron chi connectivity index (χ4n) is 2.96. The first-order valence-corrected chi connectivity index (χ1v) is 9.18. The van der Waals surface area contributed by atoms with Crippen molar-refractivity contribution in [1.29, 1.82) is 0 Å². The van der Waals surface area contributed by atoms with E-state index < -0.39 is 0 Å². The molecule has 4 rings (SSSR count). The first kappa shape index (κ1) is 18.1. The second-order valence-corrected chi connectivity index (χ2v) is 6.94. The van der Waals surface area contributed by atoms with E-state index in [1.165, 1.54) is 5.56 Å². The lowest BCUT2D eigenvalue weighted by molar-refractivity contribution is 0.258. The molecule has 0 atom stereocenters. The van der Waals surface area contributed by atoms with Gasteiger partial charge in [0.1, 0.15) is 5.76 Å². The highest BCUT2D eigenvalue weighted by Crippen LogP contribution is 2.23. The number of hydrogen-bond donors (Lipinski definition) is 0. The number of oxazole rings is 1. The maximum Gasteiger partial charge on any atom is 0.241 e. The summed E-state index contributed by atoms with van der Waals surface area (Å²) in [4.78, 5) is 11.2. The monoisotopic (exact) mass is 374 g/mol. The Labute approximate surface area is 163 Å². The quantitative estimate of drug-likeness (QED) is 0.490. The normalized spacial score (nSPS) is 11.3. The van der Waals surface area contributed by atoms with Gasteiger partial charge in [0, 0.05) is 17.7 Å². The zero-order chi connectivity index (χ0) is 19.5. The number of nitrogens with zero attached hydrogens (tertiary/aromatic N) is 4. The second-order valence-electron chi connectivity index (χ2n) is 6.94. The van der Waals surface area contributed by atoms with Crippen molar-refractivity contribution in [2.24, 2.45) is 0 Å². The summed E-state index contributed by atoms with van der Waals surface area (Å²) in [7, 11) is 1.99. The molecule has 142 valence electrons. The molecule has 0 unspecified atom stereocenters. The molecule has 28 heavy (non-hydrogen) atoms. The van der Waals surface area contributed by atoms with E-state index in [-0.39, 0.29) is 0 Å². The molecule has 0 fully saturated rings. The zero-order valence-electron chi connectivity index (χ0n) is 16.2. The molecule has 2 aromatic carbocycles. The van der Waals surface area contributed by atoms with E-state index in [0.717, 1.165) is 22.6 Å². The lowest BCUT2D eigenvalue weighted by atomic mass is 10.1.